The van der Waals surface area contributed by atoms with Crippen LogP contribution in [0.2, 0.25) is 0 Å². The van der Waals surface area contributed by atoms with Crippen LogP contribution in [0.4, 0.5) is 0 Å². The lowest BCUT2D eigenvalue weighted by Gasteiger charge is -2.24. The smallest absolute Gasteiger partial charge is 0.328 e. The van der Waals surface area contributed by atoms with Crippen LogP contribution in [-0.2, 0) is 40.1 Å². The second kappa shape index (κ2) is 23.4. The Morgan fingerprint density at radius 1 is 0.745 bits per heavy atom. The number of carbonyl (C=O) groups excluding carboxylic acids is 4. The highest BCUT2D eigenvalue weighted by molar-refractivity contribution is 5.84. The molecule has 1 fully saturated rings. The minimum absolute atomic E-state index is 0.0848. The molecule has 14 nitrogen and oxygen atoms in total. The molecule has 1 saturated heterocycles. The van der Waals surface area contributed by atoms with Crippen molar-refractivity contribution in [2.45, 2.75) is 70.4 Å². The summed E-state index contributed by atoms with van der Waals surface area (Å²) in [5.41, 5.74) is 0.837. The number of nitrogens with one attached hydrogen (secondary N) is 2. The van der Waals surface area contributed by atoms with E-state index in [1.807, 2.05) is 35.2 Å². The van der Waals surface area contributed by atoms with Crippen LogP contribution >= 0.6 is 0 Å². The Balaban J connectivity index is 1.82. The predicted molar refractivity (Wildman–Crippen MR) is 173 cm³/mol. The first-order valence-corrected chi connectivity index (χ1v) is 16.5. The molecule has 47 heavy (non-hydrogen) atoms. The topological polar surface area (TPSA) is 186 Å². The lowest BCUT2D eigenvalue weighted by Crippen LogP contribution is -2.43. The standard InChI is InChI=1S/C33H51N5O9/c39-22-10-3-1-2-7-14-29(40)35-28(33(46)47-26-27-11-5-4-6-12-27)13-8-9-15-34-30(41)23-36-16-18-37(24-31(42)43)20-21-38(19-17-36)25-32(44)45/h4-6,11-12,22,28H,1-3,7-10,13-21,23-26H2,(H,34,41)(H,35,40)(H,42,43)(H,44,45). The number of unbranched alkanes of at least 4 members (excludes halogenated alkanes) is 5. The number of rotatable bonds is 22. The Bertz CT molecular complexity index is 1090. The van der Waals surface area contributed by atoms with Crippen LogP contribution in [0.3, 0.4) is 0 Å². The zero-order chi connectivity index (χ0) is 34.3. The average molecular weight is 662 g/mol. The van der Waals surface area contributed by atoms with Gasteiger partial charge in [0.2, 0.25) is 11.8 Å². The number of amides is 2. The van der Waals surface area contributed by atoms with Crippen molar-refractivity contribution >= 4 is 36.0 Å². The summed E-state index contributed by atoms with van der Waals surface area (Å²) in [7, 11) is 0. The first-order chi connectivity index (χ1) is 22.7. The maximum absolute atomic E-state index is 12.9. The molecule has 14 heteroatoms. The Kier molecular flexibility index (Phi) is 19.6. The quantitative estimate of drug-likeness (QED) is 0.0790. The summed E-state index contributed by atoms with van der Waals surface area (Å²) in [6.07, 6.45) is 6.29. The first kappa shape index (κ1) is 39.3. The molecule has 0 spiro atoms. The SMILES string of the molecule is O=CCCCCCCC(=O)NC(CCCCNC(=O)CN1CCN(CC(=O)O)CCN(CC(=O)O)CC1)C(=O)OCc1ccccc1. The number of hydrogen-bond acceptors (Lipinski definition) is 10. The molecular weight excluding hydrogens is 610 g/mol. The van der Waals surface area contributed by atoms with Gasteiger partial charge in [0.15, 0.2) is 0 Å². The number of carbonyl (C=O) groups is 6. The van der Waals surface area contributed by atoms with Crippen LogP contribution in [0.25, 0.3) is 0 Å². The molecule has 2 rings (SSSR count). The zero-order valence-electron chi connectivity index (χ0n) is 27.3. The summed E-state index contributed by atoms with van der Waals surface area (Å²) >= 11 is 0. The number of nitrogens with zero attached hydrogens (tertiary/aromatic N) is 3. The number of carboxylic acids is 2. The van der Waals surface area contributed by atoms with Gasteiger partial charge in [0.05, 0.1) is 19.6 Å². The molecule has 0 radical (unpaired) electrons. The Labute approximate surface area is 276 Å². The summed E-state index contributed by atoms with van der Waals surface area (Å²) < 4.78 is 5.49. The van der Waals surface area contributed by atoms with Gasteiger partial charge in [-0.1, -0.05) is 43.2 Å². The first-order valence-electron chi connectivity index (χ1n) is 16.5. The number of esters is 1. The zero-order valence-corrected chi connectivity index (χ0v) is 27.3. The van der Waals surface area contributed by atoms with Gasteiger partial charge in [0.1, 0.15) is 18.9 Å². The van der Waals surface area contributed by atoms with Gasteiger partial charge in [-0.2, -0.15) is 0 Å². The molecule has 262 valence electrons. The number of carboxylic acid groups (broad SMARTS) is 2. The number of benzene rings is 1. The second-order valence-corrected chi connectivity index (χ2v) is 11.8. The van der Waals surface area contributed by atoms with E-state index in [0.29, 0.717) is 77.9 Å². The lowest BCUT2D eigenvalue weighted by molar-refractivity contribution is -0.149. The third kappa shape index (κ3) is 18.8. The van der Waals surface area contributed by atoms with Crippen LogP contribution in [0.15, 0.2) is 30.3 Å². The molecular formula is C33H51N5O9. The van der Waals surface area contributed by atoms with E-state index in [-0.39, 0.29) is 44.5 Å². The molecule has 1 atom stereocenters. The van der Waals surface area contributed by atoms with Gasteiger partial charge < -0.3 is 30.4 Å². The average Bonchev–Trinajstić information content (AvgIpc) is 3.12. The number of hydrogen-bond donors (Lipinski definition) is 4. The molecule has 0 aromatic heterocycles. The molecule has 1 unspecified atom stereocenters. The maximum Gasteiger partial charge on any atom is 0.328 e. The molecule has 1 aromatic carbocycles. The second-order valence-electron chi connectivity index (χ2n) is 11.8. The van der Waals surface area contributed by atoms with Crippen molar-refractivity contribution in [3.63, 3.8) is 0 Å². The van der Waals surface area contributed by atoms with E-state index in [9.17, 15) is 39.0 Å². The minimum atomic E-state index is -0.966. The molecule has 0 saturated carbocycles. The molecule has 4 N–H and O–H groups in total. The summed E-state index contributed by atoms with van der Waals surface area (Å²) in [6, 6.07) is 8.45. The van der Waals surface area contributed by atoms with E-state index >= 15 is 0 Å². The van der Waals surface area contributed by atoms with Gasteiger partial charge >= 0.3 is 17.9 Å². The largest absolute Gasteiger partial charge is 0.480 e. The van der Waals surface area contributed by atoms with Gasteiger partial charge in [-0.25, -0.2) is 4.79 Å². The monoisotopic (exact) mass is 661 g/mol. The molecule has 1 heterocycles. The number of ether oxygens (including phenoxy) is 1. The molecule has 2 amide bonds. The minimum Gasteiger partial charge on any atom is -0.480 e. The normalized spacial score (nSPS) is 15.4. The van der Waals surface area contributed by atoms with Crippen LogP contribution in [0, 0.1) is 0 Å². The summed E-state index contributed by atoms with van der Waals surface area (Å²) in [4.78, 5) is 76.6. The van der Waals surface area contributed by atoms with E-state index in [0.717, 1.165) is 31.1 Å². The summed E-state index contributed by atoms with van der Waals surface area (Å²) in [5.74, 6) is -2.89. The summed E-state index contributed by atoms with van der Waals surface area (Å²) in [6.45, 7) is 2.87. The molecule has 1 aliphatic rings. The van der Waals surface area contributed by atoms with Crippen LogP contribution in [-0.4, -0.2) is 132 Å². The van der Waals surface area contributed by atoms with E-state index in [4.69, 9.17) is 4.74 Å². The fourth-order valence-corrected chi connectivity index (χ4v) is 5.21. The Hall–Kier alpha value is -3.88. The highest BCUT2D eigenvalue weighted by Gasteiger charge is 2.23. The fraction of sp³-hybridized carbons (Fsp3) is 0.636. The molecule has 0 bridgehead atoms. The highest BCUT2D eigenvalue weighted by Crippen LogP contribution is 2.09. The van der Waals surface area contributed by atoms with E-state index in [1.54, 1.807) is 9.80 Å². The van der Waals surface area contributed by atoms with Crippen molar-refractivity contribution in [2.75, 3.05) is 65.4 Å². The third-order valence-electron chi connectivity index (χ3n) is 7.84. The van der Waals surface area contributed by atoms with Gasteiger partial charge in [0, 0.05) is 58.7 Å². The molecule has 1 aliphatic heterocycles. The van der Waals surface area contributed by atoms with Gasteiger partial charge in [-0.3, -0.25) is 33.9 Å². The van der Waals surface area contributed by atoms with Gasteiger partial charge in [-0.15, -0.1) is 0 Å². The van der Waals surface area contributed by atoms with Crippen molar-refractivity contribution in [3.05, 3.63) is 35.9 Å². The van der Waals surface area contributed by atoms with Crippen LogP contribution in [0.5, 0.6) is 0 Å². The summed E-state index contributed by atoms with van der Waals surface area (Å²) in [5, 5.41) is 24.2. The predicted octanol–water partition coefficient (Wildman–Crippen LogP) is 1.13. The van der Waals surface area contributed by atoms with Gasteiger partial charge in [-0.05, 0) is 37.7 Å². The molecule has 0 aliphatic carbocycles. The van der Waals surface area contributed by atoms with Crippen molar-refractivity contribution in [1.29, 1.82) is 0 Å². The van der Waals surface area contributed by atoms with Crippen molar-refractivity contribution in [1.82, 2.24) is 25.3 Å². The van der Waals surface area contributed by atoms with E-state index in [1.165, 1.54) is 0 Å². The third-order valence-corrected chi connectivity index (χ3v) is 7.84. The Morgan fingerprint density at radius 2 is 1.32 bits per heavy atom. The van der Waals surface area contributed by atoms with Crippen LogP contribution < -0.4 is 10.6 Å². The maximum atomic E-state index is 12.9. The molecule has 1 aromatic rings. The highest BCUT2D eigenvalue weighted by atomic mass is 16.5. The number of aliphatic carboxylic acids is 2. The fourth-order valence-electron chi connectivity index (χ4n) is 5.21. The Morgan fingerprint density at radius 3 is 1.89 bits per heavy atom. The van der Waals surface area contributed by atoms with Crippen molar-refractivity contribution < 1.29 is 43.7 Å². The lowest BCUT2D eigenvalue weighted by atomic mass is 10.1. The van der Waals surface area contributed by atoms with E-state index < -0.39 is 23.9 Å². The van der Waals surface area contributed by atoms with Crippen molar-refractivity contribution in [3.8, 4) is 0 Å². The van der Waals surface area contributed by atoms with Crippen molar-refractivity contribution in [2.24, 2.45) is 0 Å². The number of aldehydes is 1. The van der Waals surface area contributed by atoms with Gasteiger partial charge in [0.25, 0.3) is 0 Å². The van der Waals surface area contributed by atoms with E-state index in [2.05, 4.69) is 10.6 Å². The van der Waals surface area contributed by atoms with Crippen LogP contribution in [0.1, 0.15) is 63.4 Å².